The highest BCUT2D eigenvalue weighted by Gasteiger charge is 2.38. The van der Waals surface area contributed by atoms with Crippen molar-refractivity contribution < 1.29 is 4.74 Å². The van der Waals surface area contributed by atoms with E-state index in [0.29, 0.717) is 0 Å². The Hall–Kier alpha value is -1.02. The molecular weight excluding hydrogens is 234 g/mol. The number of unbranched alkanes of at least 4 members (excludes halogenated alkanes) is 1. The molecule has 2 rings (SSSR count). The molecule has 1 aliphatic carbocycles. The number of benzene rings is 1. The van der Waals surface area contributed by atoms with Crippen molar-refractivity contribution in [2.24, 2.45) is 0 Å². The van der Waals surface area contributed by atoms with Gasteiger partial charge in [-0.2, -0.15) is 0 Å². The van der Waals surface area contributed by atoms with Crippen LogP contribution in [0.25, 0.3) is 0 Å². The van der Waals surface area contributed by atoms with Crippen molar-refractivity contribution in [3.8, 4) is 5.75 Å². The van der Waals surface area contributed by atoms with E-state index in [0.717, 1.165) is 18.7 Å². The van der Waals surface area contributed by atoms with E-state index < -0.39 is 0 Å². The van der Waals surface area contributed by atoms with Gasteiger partial charge in [0.1, 0.15) is 11.4 Å². The van der Waals surface area contributed by atoms with Gasteiger partial charge < -0.3 is 10.1 Å². The van der Waals surface area contributed by atoms with Gasteiger partial charge in [0.05, 0.1) is 0 Å². The van der Waals surface area contributed by atoms with E-state index in [4.69, 9.17) is 4.74 Å². The van der Waals surface area contributed by atoms with Crippen LogP contribution < -0.4 is 10.1 Å². The molecule has 19 heavy (non-hydrogen) atoms. The van der Waals surface area contributed by atoms with Crippen molar-refractivity contribution >= 4 is 0 Å². The van der Waals surface area contributed by atoms with Crippen LogP contribution in [0.15, 0.2) is 24.3 Å². The SMILES string of the molecule is CCCCc1ccc(OC2(CCNC)CCC2)cc1. The fraction of sp³-hybridized carbons (Fsp3) is 0.647. The molecule has 106 valence electrons. The normalized spacial score (nSPS) is 16.9. The van der Waals surface area contributed by atoms with E-state index in [1.165, 1.54) is 44.1 Å². The van der Waals surface area contributed by atoms with Crippen LogP contribution in [0, 0.1) is 0 Å². The molecule has 1 N–H and O–H groups in total. The Morgan fingerprint density at radius 3 is 2.47 bits per heavy atom. The van der Waals surface area contributed by atoms with Crippen LogP contribution in [0.4, 0.5) is 0 Å². The first-order valence-corrected chi connectivity index (χ1v) is 7.70. The molecule has 1 aromatic carbocycles. The molecule has 0 aliphatic heterocycles. The van der Waals surface area contributed by atoms with Crippen molar-refractivity contribution in [3.05, 3.63) is 29.8 Å². The van der Waals surface area contributed by atoms with Gasteiger partial charge in [0.2, 0.25) is 0 Å². The monoisotopic (exact) mass is 261 g/mol. The first kappa shape index (κ1) is 14.4. The van der Waals surface area contributed by atoms with Crippen molar-refractivity contribution in [3.63, 3.8) is 0 Å². The van der Waals surface area contributed by atoms with Gasteiger partial charge >= 0.3 is 0 Å². The van der Waals surface area contributed by atoms with Crippen molar-refractivity contribution in [2.45, 2.75) is 57.5 Å². The van der Waals surface area contributed by atoms with Gasteiger partial charge in [0.25, 0.3) is 0 Å². The van der Waals surface area contributed by atoms with Crippen LogP contribution in [-0.4, -0.2) is 19.2 Å². The average molecular weight is 261 g/mol. The molecule has 0 amide bonds. The van der Waals surface area contributed by atoms with E-state index in [-0.39, 0.29) is 5.60 Å². The summed E-state index contributed by atoms with van der Waals surface area (Å²) < 4.78 is 6.26. The zero-order valence-electron chi connectivity index (χ0n) is 12.4. The molecule has 0 atom stereocenters. The van der Waals surface area contributed by atoms with Gasteiger partial charge in [-0.15, -0.1) is 0 Å². The largest absolute Gasteiger partial charge is 0.487 e. The molecule has 0 heterocycles. The Bertz CT molecular complexity index is 367. The lowest BCUT2D eigenvalue weighted by Gasteiger charge is -2.42. The molecule has 1 fully saturated rings. The molecule has 0 aromatic heterocycles. The molecular formula is C17H27NO. The molecule has 0 unspecified atom stereocenters. The zero-order chi connectivity index (χ0) is 13.6. The van der Waals surface area contributed by atoms with Crippen LogP contribution in [0.1, 0.15) is 51.0 Å². The molecule has 2 nitrogen and oxygen atoms in total. The van der Waals surface area contributed by atoms with Gasteiger partial charge in [-0.1, -0.05) is 25.5 Å². The maximum Gasteiger partial charge on any atom is 0.120 e. The Morgan fingerprint density at radius 1 is 1.21 bits per heavy atom. The van der Waals surface area contributed by atoms with E-state index in [9.17, 15) is 0 Å². The second kappa shape index (κ2) is 6.95. The predicted molar refractivity (Wildman–Crippen MR) is 80.8 cm³/mol. The second-order valence-electron chi connectivity index (χ2n) is 5.74. The summed E-state index contributed by atoms with van der Waals surface area (Å²) in [7, 11) is 2.01. The number of hydrogen-bond acceptors (Lipinski definition) is 2. The third kappa shape index (κ3) is 3.97. The fourth-order valence-corrected chi connectivity index (χ4v) is 2.68. The van der Waals surface area contributed by atoms with Crippen LogP contribution in [0.5, 0.6) is 5.75 Å². The summed E-state index contributed by atoms with van der Waals surface area (Å²) in [5.74, 6) is 1.04. The van der Waals surface area contributed by atoms with Gasteiger partial charge in [0, 0.05) is 0 Å². The minimum absolute atomic E-state index is 0.105. The van der Waals surface area contributed by atoms with Crippen molar-refractivity contribution in [1.29, 1.82) is 0 Å². The highest BCUT2D eigenvalue weighted by Crippen LogP contribution is 2.39. The molecule has 1 aromatic rings. The number of rotatable bonds is 8. The topological polar surface area (TPSA) is 21.3 Å². The maximum atomic E-state index is 6.26. The average Bonchev–Trinajstić information content (AvgIpc) is 2.41. The van der Waals surface area contributed by atoms with Gasteiger partial charge in [-0.05, 0) is 69.8 Å². The Morgan fingerprint density at radius 2 is 1.95 bits per heavy atom. The molecule has 1 saturated carbocycles. The molecule has 2 heteroatoms. The summed E-state index contributed by atoms with van der Waals surface area (Å²) >= 11 is 0. The van der Waals surface area contributed by atoms with E-state index >= 15 is 0 Å². The first-order valence-electron chi connectivity index (χ1n) is 7.70. The second-order valence-corrected chi connectivity index (χ2v) is 5.74. The van der Waals surface area contributed by atoms with Crippen molar-refractivity contribution in [1.82, 2.24) is 5.32 Å². The predicted octanol–water partition coefficient (Wildman–Crippen LogP) is 3.94. The fourth-order valence-electron chi connectivity index (χ4n) is 2.68. The maximum absolute atomic E-state index is 6.26. The van der Waals surface area contributed by atoms with Crippen LogP contribution in [0.3, 0.4) is 0 Å². The van der Waals surface area contributed by atoms with E-state index in [1.54, 1.807) is 0 Å². The zero-order valence-corrected chi connectivity index (χ0v) is 12.4. The third-order valence-corrected chi connectivity index (χ3v) is 4.17. The third-order valence-electron chi connectivity index (χ3n) is 4.17. The number of hydrogen-bond donors (Lipinski definition) is 1. The van der Waals surface area contributed by atoms with Crippen molar-refractivity contribution in [2.75, 3.05) is 13.6 Å². The van der Waals surface area contributed by atoms with E-state index in [1.807, 2.05) is 7.05 Å². The Balaban J connectivity index is 1.90. The molecule has 0 spiro atoms. The minimum Gasteiger partial charge on any atom is -0.487 e. The molecule has 0 bridgehead atoms. The summed E-state index contributed by atoms with van der Waals surface area (Å²) in [6.45, 7) is 3.27. The number of nitrogens with one attached hydrogen (secondary N) is 1. The summed E-state index contributed by atoms with van der Waals surface area (Å²) in [5.41, 5.74) is 1.53. The van der Waals surface area contributed by atoms with E-state index in [2.05, 4.69) is 36.5 Å². The Kier molecular flexibility index (Phi) is 5.26. The van der Waals surface area contributed by atoms with Crippen LogP contribution >= 0.6 is 0 Å². The smallest absolute Gasteiger partial charge is 0.120 e. The molecule has 0 radical (unpaired) electrons. The quantitative estimate of drug-likeness (QED) is 0.765. The van der Waals surface area contributed by atoms with Crippen LogP contribution in [0.2, 0.25) is 0 Å². The Labute approximate surface area is 117 Å². The summed E-state index contributed by atoms with van der Waals surface area (Å²) in [4.78, 5) is 0. The molecule has 1 aliphatic rings. The minimum atomic E-state index is 0.105. The number of ether oxygens (including phenoxy) is 1. The highest BCUT2D eigenvalue weighted by atomic mass is 16.5. The molecule has 0 saturated heterocycles. The highest BCUT2D eigenvalue weighted by molar-refractivity contribution is 5.28. The summed E-state index contributed by atoms with van der Waals surface area (Å²) in [5, 5.41) is 3.23. The van der Waals surface area contributed by atoms with Crippen LogP contribution in [-0.2, 0) is 6.42 Å². The standard InChI is InChI=1S/C17H27NO/c1-3-4-6-15-7-9-16(10-8-15)19-17(11-5-12-17)13-14-18-2/h7-10,18H,3-6,11-14H2,1-2H3. The van der Waals surface area contributed by atoms with Gasteiger partial charge in [-0.3, -0.25) is 0 Å². The number of aryl methyl sites for hydroxylation is 1. The lowest BCUT2D eigenvalue weighted by atomic mass is 9.77. The lowest BCUT2D eigenvalue weighted by molar-refractivity contribution is -0.0138. The first-order chi connectivity index (χ1) is 9.28. The summed E-state index contributed by atoms with van der Waals surface area (Å²) in [6.07, 6.45) is 8.53. The lowest BCUT2D eigenvalue weighted by Crippen LogP contribution is -2.45. The van der Waals surface area contributed by atoms with Gasteiger partial charge in [0.15, 0.2) is 0 Å². The summed E-state index contributed by atoms with van der Waals surface area (Å²) in [6, 6.07) is 8.72. The van der Waals surface area contributed by atoms with Gasteiger partial charge in [-0.25, -0.2) is 0 Å².